The van der Waals surface area contributed by atoms with Crippen molar-refractivity contribution in [1.29, 1.82) is 0 Å². The van der Waals surface area contributed by atoms with Crippen molar-refractivity contribution >= 4 is 29.4 Å². The first kappa shape index (κ1) is 18.0. The number of fused-ring (bicyclic) bond motifs is 2. The Morgan fingerprint density at radius 3 is 2.68 bits per heavy atom. The maximum absolute atomic E-state index is 9.97. The molecule has 2 aliphatic rings. The van der Waals surface area contributed by atoms with Crippen molar-refractivity contribution in [2.75, 3.05) is 6.54 Å². The molecule has 1 unspecified atom stereocenters. The average Bonchev–Trinajstić information content (AvgIpc) is 2.94. The molecule has 2 aliphatic carbocycles. The van der Waals surface area contributed by atoms with Crippen LogP contribution in [0.4, 0.5) is 0 Å². The third-order valence-corrected chi connectivity index (χ3v) is 4.73. The fourth-order valence-electron chi connectivity index (χ4n) is 3.59. The van der Waals surface area contributed by atoms with E-state index >= 15 is 0 Å². The van der Waals surface area contributed by atoms with Crippen LogP contribution < -0.4 is 10.4 Å². The van der Waals surface area contributed by atoms with E-state index in [9.17, 15) is 5.11 Å². The molecule has 0 amide bonds. The van der Waals surface area contributed by atoms with Crippen molar-refractivity contribution in [1.82, 2.24) is 0 Å². The normalized spacial score (nSPS) is 19.2. The Labute approximate surface area is 161 Å². The molecule has 0 saturated carbocycles. The van der Waals surface area contributed by atoms with Gasteiger partial charge in [-0.05, 0) is 63.3 Å². The van der Waals surface area contributed by atoms with Crippen LogP contribution in [0.1, 0.15) is 29.5 Å². The summed E-state index contributed by atoms with van der Waals surface area (Å²) in [6.45, 7) is 0.406. The van der Waals surface area contributed by atoms with E-state index in [4.69, 9.17) is 5.73 Å². The van der Waals surface area contributed by atoms with E-state index in [-0.39, 0.29) is 20.4 Å². The van der Waals surface area contributed by atoms with Crippen molar-refractivity contribution in [3.05, 3.63) is 81.4 Å². The summed E-state index contributed by atoms with van der Waals surface area (Å²) in [5.41, 5.74) is 13.6. The molecule has 25 heavy (non-hydrogen) atoms. The van der Waals surface area contributed by atoms with Gasteiger partial charge in [0.15, 0.2) is 0 Å². The van der Waals surface area contributed by atoms with E-state index in [0.717, 1.165) is 17.2 Å². The Morgan fingerprint density at radius 2 is 1.88 bits per heavy atom. The van der Waals surface area contributed by atoms with Crippen LogP contribution in [-0.2, 0) is 20.4 Å². The van der Waals surface area contributed by atoms with Gasteiger partial charge in [-0.2, -0.15) is 0 Å². The minimum Gasteiger partial charge on any atom is -0.677 e. The number of aliphatic hydroxyl groups excluding tert-OH is 1. The van der Waals surface area contributed by atoms with Crippen molar-refractivity contribution in [2.24, 2.45) is 0 Å². The Kier molecular flexibility index (Phi) is 5.52. The number of rotatable bonds is 3. The first-order chi connectivity index (χ1) is 11.8. The van der Waals surface area contributed by atoms with Crippen LogP contribution in [0, 0.1) is 0 Å². The Hall–Kier alpha value is -1.76. The SMILES string of the molecule is [NH-]CCC1=C/C(=C\c2cccc3c2=CC(O)CC=3)c2ccccc21.[Re]. The molecule has 2 N–H and O–H groups in total. The number of hydrogen-bond acceptors (Lipinski definition) is 1. The summed E-state index contributed by atoms with van der Waals surface area (Å²) in [6.07, 6.45) is 9.53. The largest absolute Gasteiger partial charge is 0.677 e. The van der Waals surface area contributed by atoms with Crippen molar-refractivity contribution in [3.8, 4) is 0 Å². The van der Waals surface area contributed by atoms with Crippen LogP contribution in [-0.4, -0.2) is 17.8 Å². The first-order valence-electron chi connectivity index (χ1n) is 8.42. The monoisotopic (exact) mass is 501 g/mol. The molecule has 2 aromatic rings. The Morgan fingerprint density at radius 1 is 1.08 bits per heavy atom. The third-order valence-electron chi connectivity index (χ3n) is 4.73. The minimum atomic E-state index is -0.401. The van der Waals surface area contributed by atoms with Gasteiger partial charge in [0.1, 0.15) is 0 Å². The van der Waals surface area contributed by atoms with E-state index in [1.807, 2.05) is 6.08 Å². The maximum Gasteiger partial charge on any atom is 0.0764 e. The second kappa shape index (κ2) is 7.64. The fourth-order valence-corrected chi connectivity index (χ4v) is 3.59. The Bertz CT molecular complexity index is 972. The molecule has 0 fully saturated rings. The number of hydrogen-bond donors (Lipinski definition) is 1. The zero-order valence-electron chi connectivity index (χ0n) is 13.9. The third kappa shape index (κ3) is 3.47. The molecule has 0 aliphatic heterocycles. The van der Waals surface area contributed by atoms with Gasteiger partial charge in [-0.25, -0.2) is 0 Å². The van der Waals surface area contributed by atoms with Crippen LogP contribution in [0.2, 0.25) is 0 Å². The molecule has 2 aromatic carbocycles. The van der Waals surface area contributed by atoms with Crippen LogP contribution in [0.25, 0.3) is 35.1 Å². The predicted molar refractivity (Wildman–Crippen MR) is 101 cm³/mol. The number of nitrogens with one attached hydrogen (secondary N) is 1. The maximum atomic E-state index is 9.97. The fraction of sp³-hybridized carbons (Fsp3) is 0.182. The molecule has 1 radical (unpaired) electrons. The van der Waals surface area contributed by atoms with E-state index < -0.39 is 6.10 Å². The van der Waals surface area contributed by atoms with Crippen LogP contribution in [0.3, 0.4) is 0 Å². The number of aliphatic hydroxyl groups is 1. The molecule has 2 nitrogen and oxygen atoms in total. The van der Waals surface area contributed by atoms with E-state index in [1.165, 1.54) is 27.5 Å². The number of benzene rings is 2. The van der Waals surface area contributed by atoms with Crippen LogP contribution >= 0.6 is 0 Å². The minimum absolute atomic E-state index is 0. The molecular weight excluding hydrogens is 480 g/mol. The number of allylic oxidation sites excluding steroid dienone is 2. The standard InChI is InChI=1S/C22H20NO.Re/c23-11-10-17-13-18(21-7-2-1-6-20(17)21)12-16-5-3-4-15-8-9-19(24)14-22(15)16;/h1-8,12-14,19,23-24H,9-11H2;/q-1;/b18-12+;. The summed E-state index contributed by atoms with van der Waals surface area (Å²) in [4.78, 5) is 0. The second-order valence-corrected chi connectivity index (χ2v) is 6.34. The zero-order valence-corrected chi connectivity index (χ0v) is 16.6. The van der Waals surface area contributed by atoms with Gasteiger partial charge in [-0.15, -0.1) is 6.54 Å². The summed E-state index contributed by atoms with van der Waals surface area (Å²) in [7, 11) is 0. The van der Waals surface area contributed by atoms with Gasteiger partial charge < -0.3 is 10.8 Å². The summed E-state index contributed by atoms with van der Waals surface area (Å²) < 4.78 is 0. The van der Waals surface area contributed by atoms with Crippen molar-refractivity contribution in [3.63, 3.8) is 0 Å². The molecule has 0 bridgehead atoms. The summed E-state index contributed by atoms with van der Waals surface area (Å²) in [5.74, 6) is 0. The zero-order chi connectivity index (χ0) is 16.5. The van der Waals surface area contributed by atoms with Gasteiger partial charge in [0.05, 0.1) is 6.10 Å². The molecular formula is C22H20NORe-. The average molecular weight is 501 g/mol. The molecule has 1 atom stereocenters. The topological polar surface area (TPSA) is 44.0 Å². The van der Waals surface area contributed by atoms with Gasteiger partial charge in [0.2, 0.25) is 0 Å². The quantitative estimate of drug-likeness (QED) is 0.690. The van der Waals surface area contributed by atoms with Crippen molar-refractivity contribution in [2.45, 2.75) is 18.9 Å². The van der Waals surface area contributed by atoms with Gasteiger partial charge in [-0.3, -0.25) is 0 Å². The van der Waals surface area contributed by atoms with E-state index in [0.29, 0.717) is 13.0 Å². The van der Waals surface area contributed by atoms with Crippen LogP contribution in [0.5, 0.6) is 0 Å². The molecule has 0 heterocycles. The van der Waals surface area contributed by atoms with Gasteiger partial charge in [0.25, 0.3) is 0 Å². The summed E-state index contributed by atoms with van der Waals surface area (Å²) in [6, 6.07) is 14.7. The molecule has 0 spiro atoms. The predicted octanol–water partition coefficient (Wildman–Crippen LogP) is 3.39. The molecule has 0 saturated heterocycles. The van der Waals surface area contributed by atoms with Crippen molar-refractivity contribution < 1.29 is 25.5 Å². The first-order valence-corrected chi connectivity index (χ1v) is 8.42. The van der Waals surface area contributed by atoms with Gasteiger partial charge >= 0.3 is 0 Å². The smallest absolute Gasteiger partial charge is 0.0764 e. The molecule has 127 valence electrons. The Balaban J connectivity index is 0.00000182. The molecule has 0 aromatic heterocycles. The summed E-state index contributed by atoms with van der Waals surface area (Å²) in [5, 5.41) is 12.3. The van der Waals surface area contributed by atoms with Gasteiger partial charge in [0, 0.05) is 20.4 Å². The molecule has 4 rings (SSSR count). The van der Waals surface area contributed by atoms with Gasteiger partial charge in [-0.1, -0.05) is 54.6 Å². The summed E-state index contributed by atoms with van der Waals surface area (Å²) >= 11 is 0. The molecule has 3 heteroatoms. The second-order valence-electron chi connectivity index (χ2n) is 6.34. The van der Waals surface area contributed by atoms with E-state index in [2.05, 4.69) is 60.7 Å². The van der Waals surface area contributed by atoms with E-state index in [1.54, 1.807) is 0 Å². The van der Waals surface area contributed by atoms with Crippen LogP contribution in [0.15, 0.2) is 48.5 Å².